The van der Waals surface area contributed by atoms with E-state index in [-0.39, 0.29) is 5.56 Å². The zero-order valence-corrected chi connectivity index (χ0v) is 25.1. The van der Waals surface area contributed by atoms with Gasteiger partial charge in [-0.3, -0.25) is 13.9 Å². The third-order valence-corrected chi connectivity index (χ3v) is 9.31. The molecular weight excluding hydrogens is 578 g/mol. The molecule has 0 saturated carbocycles. The van der Waals surface area contributed by atoms with E-state index in [0.29, 0.717) is 16.9 Å². The molecule has 0 saturated heterocycles. The SMILES string of the molecule is O=c1c2cnc(-n3c4ccccc4c4c5c6ccccc6n(-c6ccccc6)c5ccc43)nc2c2ccccc2n1-c1ccccc1. The molecule has 4 aromatic heterocycles. The predicted octanol–water partition coefficient (Wildman–Crippen LogP) is 9.13. The molecule has 4 heterocycles. The fraction of sp³-hybridized carbons (Fsp3) is 0. The van der Waals surface area contributed by atoms with Crippen LogP contribution in [0, 0.1) is 0 Å². The van der Waals surface area contributed by atoms with E-state index >= 15 is 0 Å². The number of fused-ring (bicyclic) bond motifs is 10. The average molecular weight is 604 g/mol. The van der Waals surface area contributed by atoms with Crippen molar-refractivity contribution in [1.82, 2.24) is 23.7 Å². The van der Waals surface area contributed by atoms with Gasteiger partial charge in [0.05, 0.1) is 38.5 Å². The molecule has 0 N–H and O–H groups in total. The Morgan fingerprint density at radius 2 is 0.872 bits per heavy atom. The largest absolute Gasteiger partial charge is 0.309 e. The Hall–Kier alpha value is -6.53. The molecule has 47 heavy (non-hydrogen) atoms. The summed E-state index contributed by atoms with van der Waals surface area (Å²) in [5.74, 6) is 0.525. The Bertz CT molecular complexity index is 2920. The first kappa shape index (κ1) is 25.8. The van der Waals surface area contributed by atoms with Crippen molar-refractivity contribution >= 4 is 65.4 Å². The van der Waals surface area contributed by atoms with E-state index in [2.05, 4.69) is 94.1 Å². The summed E-state index contributed by atoms with van der Waals surface area (Å²) in [6.45, 7) is 0. The van der Waals surface area contributed by atoms with Crippen molar-refractivity contribution in [2.75, 3.05) is 0 Å². The summed E-state index contributed by atoms with van der Waals surface area (Å²) in [5.41, 5.74) is 7.53. The van der Waals surface area contributed by atoms with Crippen LogP contribution in [0.1, 0.15) is 0 Å². The number of para-hydroxylation sites is 5. The molecule has 0 unspecified atom stereocenters. The Kier molecular flexibility index (Phi) is 5.33. The number of benzene rings is 6. The maximum Gasteiger partial charge on any atom is 0.266 e. The van der Waals surface area contributed by atoms with Gasteiger partial charge in [0.2, 0.25) is 5.95 Å². The summed E-state index contributed by atoms with van der Waals surface area (Å²) < 4.78 is 6.22. The fourth-order valence-corrected chi connectivity index (χ4v) is 7.36. The van der Waals surface area contributed by atoms with Gasteiger partial charge in [-0.1, -0.05) is 91.0 Å². The van der Waals surface area contributed by atoms with Crippen molar-refractivity contribution in [2.24, 2.45) is 0 Å². The maximum atomic E-state index is 14.0. The monoisotopic (exact) mass is 603 g/mol. The van der Waals surface area contributed by atoms with E-state index in [9.17, 15) is 4.79 Å². The normalized spacial score (nSPS) is 11.9. The van der Waals surface area contributed by atoms with Crippen molar-refractivity contribution in [3.05, 3.63) is 162 Å². The molecule has 0 spiro atoms. The molecular formula is C41H25N5O. The van der Waals surface area contributed by atoms with Gasteiger partial charge in [-0.25, -0.2) is 9.97 Å². The lowest BCUT2D eigenvalue weighted by molar-refractivity contribution is 1.00. The van der Waals surface area contributed by atoms with Crippen molar-refractivity contribution in [3.8, 4) is 17.3 Å². The molecule has 0 aliphatic heterocycles. The van der Waals surface area contributed by atoms with Crippen LogP contribution in [0.3, 0.4) is 0 Å². The Labute approximate surface area is 268 Å². The van der Waals surface area contributed by atoms with Gasteiger partial charge in [-0.05, 0) is 54.6 Å². The molecule has 6 heteroatoms. The second-order valence-electron chi connectivity index (χ2n) is 11.8. The molecule has 10 rings (SSSR count). The Morgan fingerprint density at radius 1 is 0.404 bits per heavy atom. The van der Waals surface area contributed by atoms with Crippen molar-refractivity contribution in [1.29, 1.82) is 0 Å². The molecule has 220 valence electrons. The standard InChI is InChI=1S/C41H25N5O/c47-40-31-25-42-41(43-39(31)30-19-9-12-22-34(30)45(40)27-15-5-2-6-16-27)46-33-21-11-8-18-29(33)38-36(46)24-23-35-37(38)28-17-7-10-20-32(28)44(35)26-13-3-1-4-14-26/h1-25H. The fourth-order valence-electron chi connectivity index (χ4n) is 7.36. The van der Waals surface area contributed by atoms with Gasteiger partial charge in [0.15, 0.2) is 0 Å². The molecule has 6 nitrogen and oxygen atoms in total. The molecule has 0 atom stereocenters. The molecule has 10 aromatic rings. The molecule has 6 aromatic carbocycles. The maximum absolute atomic E-state index is 14.0. The Balaban J connectivity index is 1.31. The van der Waals surface area contributed by atoms with Crippen LogP contribution in [0.25, 0.3) is 82.7 Å². The highest BCUT2D eigenvalue weighted by Gasteiger charge is 2.22. The van der Waals surface area contributed by atoms with Gasteiger partial charge >= 0.3 is 0 Å². The van der Waals surface area contributed by atoms with Gasteiger partial charge in [0.25, 0.3) is 5.56 Å². The van der Waals surface area contributed by atoms with Gasteiger partial charge in [0, 0.05) is 44.5 Å². The number of hydrogen-bond donors (Lipinski definition) is 0. The second-order valence-corrected chi connectivity index (χ2v) is 11.8. The summed E-state index contributed by atoms with van der Waals surface area (Å²) in [7, 11) is 0. The second kappa shape index (κ2) is 9.73. The van der Waals surface area contributed by atoms with Crippen molar-refractivity contribution < 1.29 is 0 Å². The third-order valence-electron chi connectivity index (χ3n) is 9.31. The van der Waals surface area contributed by atoms with E-state index in [1.807, 2.05) is 60.7 Å². The molecule has 0 radical (unpaired) electrons. The highest BCUT2D eigenvalue weighted by molar-refractivity contribution is 6.28. The lowest BCUT2D eigenvalue weighted by Crippen LogP contribution is -2.20. The Morgan fingerprint density at radius 3 is 1.49 bits per heavy atom. The number of pyridine rings is 1. The summed E-state index contributed by atoms with van der Waals surface area (Å²) in [5, 5.41) is 6.02. The van der Waals surface area contributed by atoms with Gasteiger partial charge in [-0.2, -0.15) is 0 Å². The molecule has 0 fully saturated rings. The minimum atomic E-state index is -0.144. The molecule has 0 bridgehead atoms. The first-order valence-electron chi connectivity index (χ1n) is 15.6. The number of hydrogen-bond acceptors (Lipinski definition) is 3. The highest BCUT2D eigenvalue weighted by Crippen LogP contribution is 2.42. The molecule has 0 aliphatic rings. The third kappa shape index (κ3) is 3.58. The van der Waals surface area contributed by atoms with E-state index in [1.54, 1.807) is 10.8 Å². The molecule has 0 amide bonds. The summed E-state index contributed by atoms with van der Waals surface area (Å²) in [4.78, 5) is 24.1. The van der Waals surface area contributed by atoms with Crippen LogP contribution in [0.5, 0.6) is 0 Å². The smallest absolute Gasteiger partial charge is 0.266 e. The topological polar surface area (TPSA) is 57.6 Å². The van der Waals surface area contributed by atoms with Crippen LogP contribution < -0.4 is 5.56 Å². The van der Waals surface area contributed by atoms with E-state index in [0.717, 1.165) is 55.1 Å². The van der Waals surface area contributed by atoms with Gasteiger partial charge in [0.1, 0.15) is 0 Å². The van der Waals surface area contributed by atoms with Crippen LogP contribution in [-0.4, -0.2) is 23.7 Å². The van der Waals surface area contributed by atoms with Crippen LogP contribution in [-0.2, 0) is 0 Å². The first-order valence-corrected chi connectivity index (χ1v) is 15.6. The summed E-state index contributed by atoms with van der Waals surface area (Å²) >= 11 is 0. The van der Waals surface area contributed by atoms with Crippen molar-refractivity contribution in [2.45, 2.75) is 0 Å². The minimum absolute atomic E-state index is 0.144. The highest BCUT2D eigenvalue weighted by atomic mass is 16.1. The van der Waals surface area contributed by atoms with E-state index < -0.39 is 0 Å². The number of aromatic nitrogens is 5. The quantitative estimate of drug-likeness (QED) is 0.189. The van der Waals surface area contributed by atoms with Crippen LogP contribution in [0.15, 0.2) is 157 Å². The zero-order chi connectivity index (χ0) is 31.1. The van der Waals surface area contributed by atoms with Gasteiger partial charge < -0.3 is 4.57 Å². The van der Waals surface area contributed by atoms with Crippen LogP contribution in [0.2, 0.25) is 0 Å². The van der Waals surface area contributed by atoms with E-state index in [4.69, 9.17) is 9.97 Å². The number of nitrogens with zero attached hydrogens (tertiary/aromatic N) is 5. The minimum Gasteiger partial charge on any atom is -0.309 e. The molecule has 0 aliphatic carbocycles. The first-order chi connectivity index (χ1) is 23.3. The summed E-state index contributed by atoms with van der Waals surface area (Å²) in [6, 6.07) is 49.6. The van der Waals surface area contributed by atoms with Gasteiger partial charge in [-0.15, -0.1) is 0 Å². The van der Waals surface area contributed by atoms with Crippen LogP contribution >= 0.6 is 0 Å². The lowest BCUT2D eigenvalue weighted by atomic mass is 10.1. The lowest BCUT2D eigenvalue weighted by Gasteiger charge is -2.14. The zero-order valence-electron chi connectivity index (χ0n) is 25.1. The predicted molar refractivity (Wildman–Crippen MR) is 191 cm³/mol. The number of rotatable bonds is 3. The summed E-state index contributed by atoms with van der Waals surface area (Å²) in [6.07, 6.45) is 1.69. The van der Waals surface area contributed by atoms with Crippen LogP contribution in [0.4, 0.5) is 0 Å². The van der Waals surface area contributed by atoms with E-state index in [1.165, 1.54) is 10.8 Å². The average Bonchev–Trinajstić information content (AvgIpc) is 3.65. The van der Waals surface area contributed by atoms with Crippen molar-refractivity contribution in [3.63, 3.8) is 0 Å².